The van der Waals surface area contributed by atoms with Gasteiger partial charge in [0.25, 0.3) is 5.91 Å². The Labute approximate surface area is 111 Å². The average Bonchev–Trinajstić information content (AvgIpc) is 2.82. The molecule has 1 heterocycles. The van der Waals surface area contributed by atoms with Gasteiger partial charge in [0.15, 0.2) is 0 Å². The third-order valence-corrected chi connectivity index (χ3v) is 3.42. The molecule has 0 saturated heterocycles. The molecule has 1 aromatic heterocycles. The highest BCUT2D eigenvalue weighted by molar-refractivity contribution is 7.12. The first-order chi connectivity index (χ1) is 8.48. The fraction of sp³-hybridized carbons (Fsp3) is 0.583. The molecule has 0 aliphatic heterocycles. The fourth-order valence-electron chi connectivity index (χ4n) is 1.31. The van der Waals surface area contributed by atoms with E-state index >= 15 is 0 Å². The number of hydrogen-bond acceptors (Lipinski definition) is 5. The van der Waals surface area contributed by atoms with E-state index in [4.69, 9.17) is 9.47 Å². The summed E-state index contributed by atoms with van der Waals surface area (Å²) in [6, 6.07) is 1.67. The van der Waals surface area contributed by atoms with Crippen LogP contribution in [0.25, 0.3) is 0 Å². The summed E-state index contributed by atoms with van der Waals surface area (Å²) >= 11 is 1.31. The number of methoxy groups -OCH3 is 2. The minimum atomic E-state index is -0.965. The molecule has 0 aliphatic carbocycles. The second kappa shape index (κ2) is 6.72. The molecule has 0 fully saturated rings. The van der Waals surface area contributed by atoms with Gasteiger partial charge in [0.1, 0.15) is 5.75 Å². The van der Waals surface area contributed by atoms with Crippen LogP contribution in [-0.4, -0.2) is 44.0 Å². The topological polar surface area (TPSA) is 67.8 Å². The van der Waals surface area contributed by atoms with E-state index in [0.717, 1.165) is 0 Å². The van der Waals surface area contributed by atoms with Gasteiger partial charge >= 0.3 is 0 Å². The van der Waals surface area contributed by atoms with E-state index in [9.17, 15) is 9.90 Å². The summed E-state index contributed by atoms with van der Waals surface area (Å²) < 4.78 is 9.91. The van der Waals surface area contributed by atoms with E-state index in [1.54, 1.807) is 32.6 Å². The lowest BCUT2D eigenvalue weighted by atomic mass is 10.0. The highest BCUT2D eigenvalue weighted by atomic mass is 32.1. The first-order valence-electron chi connectivity index (χ1n) is 5.60. The van der Waals surface area contributed by atoms with E-state index < -0.39 is 5.60 Å². The number of carbonyl (C=O) groups excluding carboxylic acids is 1. The molecule has 5 nitrogen and oxygen atoms in total. The monoisotopic (exact) mass is 273 g/mol. The van der Waals surface area contributed by atoms with Crippen LogP contribution in [0.3, 0.4) is 0 Å². The molecule has 0 spiro atoms. The second-order valence-corrected chi connectivity index (χ2v) is 5.18. The number of thiophene rings is 1. The zero-order valence-corrected chi connectivity index (χ0v) is 11.7. The maximum absolute atomic E-state index is 11.8. The van der Waals surface area contributed by atoms with Crippen molar-refractivity contribution in [1.29, 1.82) is 0 Å². The molecule has 0 aliphatic rings. The van der Waals surface area contributed by atoms with E-state index in [1.807, 2.05) is 0 Å². The van der Waals surface area contributed by atoms with Crippen LogP contribution >= 0.6 is 11.3 Å². The molecule has 1 rings (SSSR count). The van der Waals surface area contributed by atoms with Crippen LogP contribution in [-0.2, 0) is 4.74 Å². The van der Waals surface area contributed by atoms with E-state index in [0.29, 0.717) is 23.7 Å². The normalized spacial score (nSPS) is 14.0. The molecule has 0 radical (unpaired) electrons. The maximum Gasteiger partial charge on any atom is 0.261 e. The van der Waals surface area contributed by atoms with E-state index in [-0.39, 0.29) is 12.5 Å². The lowest BCUT2D eigenvalue weighted by molar-refractivity contribution is 0.0244. The predicted molar refractivity (Wildman–Crippen MR) is 70.3 cm³/mol. The average molecular weight is 273 g/mol. The Bertz CT molecular complexity index is 389. The van der Waals surface area contributed by atoms with Crippen molar-refractivity contribution in [1.82, 2.24) is 5.32 Å². The Balaban J connectivity index is 2.45. The molecule has 0 saturated carbocycles. The van der Waals surface area contributed by atoms with Crippen molar-refractivity contribution in [3.05, 3.63) is 16.3 Å². The van der Waals surface area contributed by atoms with Gasteiger partial charge in [-0.15, -0.1) is 11.3 Å². The van der Waals surface area contributed by atoms with Crippen LogP contribution in [0.2, 0.25) is 0 Å². The number of hydrogen-bond donors (Lipinski definition) is 2. The van der Waals surface area contributed by atoms with Crippen LogP contribution in [0.5, 0.6) is 5.75 Å². The summed E-state index contributed by atoms with van der Waals surface area (Å²) in [4.78, 5) is 12.4. The zero-order chi connectivity index (χ0) is 13.6. The largest absolute Gasteiger partial charge is 0.496 e. The minimum Gasteiger partial charge on any atom is -0.496 e. The van der Waals surface area contributed by atoms with Gasteiger partial charge in [-0.05, 0) is 6.92 Å². The summed E-state index contributed by atoms with van der Waals surface area (Å²) in [5.41, 5.74) is -0.965. The molecule has 1 amide bonds. The van der Waals surface area contributed by atoms with Crippen LogP contribution in [0.15, 0.2) is 11.4 Å². The van der Waals surface area contributed by atoms with Crippen LogP contribution in [0, 0.1) is 0 Å². The number of nitrogens with one attached hydrogen (secondary N) is 1. The fourth-order valence-corrected chi connectivity index (χ4v) is 2.08. The number of rotatable bonds is 7. The Morgan fingerprint density at radius 3 is 2.83 bits per heavy atom. The molecule has 1 atom stereocenters. The molecule has 102 valence electrons. The Hall–Kier alpha value is -1.11. The van der Waals surface area contributed by atoms with Gasteiger partial charge in [0.2, 0.25) is 0 Å². The summed E-state index contributed by atoms with van der Waals surface area (Å²) in [6.07, 6.45) is 0.470. The standard InChI is InChI=1S/C12H19NO4S/c1-12(15,4-5-16-2)8-13-11(14)10-6-9(17-3)7-18-10/h6-7,15H,4-5,8H2,1-3H3,(H,13,14). The number of aliphatic hydroxyl groups is 1. The molecule has 2 N–H and O–H groups in total. The summed E-state index contributed by atoms with van der Waals surface area (Å²) in [5.74, 6) is 0.456. The van der Waals surface area contributed by atoms with E-state index in [2.05, 4.69) is 5.32 Å². The molecule has 1 aromatic rings. The third-order valence-electron chi connectivity index (χ3n) is 2.51. The summed E-state index contributed by atoms with van der Waals surface area (Å²) in [6.45, 7) is 2.31. The highest BCUT2D eigenvalue weighted by Gasteiger charge is 2.21. The number of ether oxygens (including phenoxy) is 2. The summed E-state index contributed by atoms with van der Waals surface area (Å²) in [7, 11) is 3.13. The van der Waals surface area contributed by atoms with Crippen molar-refractivity contribution in [2.75, 3.05) is 27.4 Å². The SMILES string of the molecule is COCCC(C)(O)CNC(=O)c1cc(OC)cs1. The zero-order valence-electron chi connectivity index (χ0n) is 10.9. The lowest BCUT2D eigenvalue weighted by Gasteiger charge is -2.22. The Morgan fingerprint density at radius 1 is 1.56 bits per heavy atom. The van der Waals surface area contributed by atoms with Gasteiger partial charge in [0, 0.05) is 38.1 Å². The van der Waals surface area contributed by atoms with Crippen molar-refractivity contribution in [3.8, 4) is 5.75 Å². The van der Waals surface area contributed by atoms with Gasteiger partial charge < -0.3 is 19.9 Å². The van der Waals surface area contributed by atoms with Crippen molar-refractivity contribution in [2.24, 2.45) is 0 Å². The predicted octanol–water partition coefficient (Wildman–Crippen LogP) is 1.27. The van der Waals surface area contributed by atoms with Gasteiger partial charge in [-0.25, -0.2) is 0 Å². The van der Waals surface area contributed by atoms with Crippen molar-refractivity contribution >= 4 is 17.2 Å². The molecule has 0 bridgehead atoms. The van der Waals surface area contributed by atoms with Crippen molar-refractivity contribution in [2.45, 2.75) is 18.9 Å². The highest BCUT2D eigenvalue weighted by Crippen LogP contribution is 2.21. The van der Waals surface area contributed by atoms with Gasteiger partial charge in [-0.3, -0.25) is 4.79 Å². The first-order valence-corrected chi connectivity index (χ1v) is 6.48. The Kier molecular flexibility index (Phi) is 5.58. The van der Waals surface area contributed by atoms with Crippen LogP contribution < -0.4 is 10.1 Å². The second-order valence-electron chi connectivity index (χ2n) is 4.27. The molecular weight excluding hydrogens is 254 g/mol. The first kappa shape index (κ1) is 14.9. The number of carbonyl (C=O) groups is 1. The quantitative estimate of drug-likeness (QED) is 0.785. The van der Waals surface area contributed by atoms with Gasteiger partial charge in [0.05, 0.1) is 17.6 Å². The lowest BCUT2D eigenvalue weighted by Crippen LogP contribution is -2.41. The van der Waals surface area contributed by atoms with Crippen LogP contribution in [0.4, 0.5) is 0 Å². The van der Waals surface area contributed by atoms with Gasteiger partial charge in [-0.1, -0.05) is 0 Å². The van der Waals surface area contributed by atoms with Crippen molar-refractivity contribution < 1.29 is 19.4 Å². The third kappa shape index (κ3) is 4.64. The van der Waals surface area contributed by atoms with Crippen molar-refractivity contribution in [3.63, 3.8) is 0 Å². The number of amides is 1. The smallest absolute Gasteiger partial charge is 0.261 e. The molecule has 0 aromatic carbocycles. The molecular formula is C12H19NO4S. The molecule has 1 unspecified atom stereocenters. The summed E-state index contributed by atoms with van der Waals surface area (Å²) in [5, 5.41) is 14.4. The maximum atomic E-state index is 11.8. The van der Waals surface area contributed by atoms with Gasteiger partial charge in [-0.2, -0.15) is 0 Å². The molecule has 6 heteroatoms. The molecule has 18 heavy (non-hydrogen) atoms. The minimum absolute atomic E-state index is 0.190. The van der Waals surface area contributed by atoms with Crippen LogP contribution in [0.1, 0.15) is 23.0 Å². The van der Waals surface area contributed by atoms with E-state index in [1.165, 1.54) is 11.3 Å². The Morgan fingerprint density at radius 2 is 2.28 bits per heavy atom.